The lowest BCUT2D eigenvalue weighted by Crippen LogP contribution is -2.48. The Bertz CT molecular complexity index is 442. The largest absolute Gasteiger partial charge is 0.756 e. The van der Waals surface area contributed by atoms with Gasteiger partial charge in [0.25, 0.3) is 7.82 Å². The molecule has 1 atom stereocenters. The summed E-state index contributed by atoms with van der Waals surface area (Å²) in [7, 11) is -4.29. The second-order valence-electron chi connectivity index (χ2n) is 6.10. The van der Waals surface area contributed by atoms with Gasteiger partial charge in [0.1, 0.15) is 0 Å². The number of phosphoric ester groups is 1. The van der Waals surface area contributed by atoms with Crippen LogP contribution in [0.5, 0.6) is 0 Å². The minimum Gasteiger partial charge on any atom is -0.756 e. The molecule has 25 heavy (non-hydrogen) atoms. The summed E-state index contributed by atoms with van der Waals surface area (Å²) in [6, 6.07) is 0. The molecule has 0 aliphatic rings. The van der Waals surface area contributed by atoms with Crippen LogP contribution in [0.3, 0.4) is 0 Å². The highest BCUT2D eigenvalue weighted by Gasteiger charge is 2.19. The number of hydrogen-bond donors (Lipinski definition) is 0. The molecule has 0 N–H and O–H groups in total. The van der Waals surface area contributed by atoms with Crippen LogP contribution in [0.2, 0.25) is 0 Å². The van der Waals surface area contributed by atoms with Crippen molar-refractivity contribution in [1.82, 2.24) is 0 Å². The highest BCUT2D eigenvalue weighted by Crippen LogP contribution is 2.38. The summed E-state index contributed by atoms with van der Waals surface area (Å²) in [5, 5.41) is 0. The van der Waals surface area contributed by atoms with Crippen molar-refractivity contribution in [2.75, 3.05) is 46.0 Å². The van der Waals surface area contributed by atoms with Crippen molar-refractivity contribution in [3.8, 4) is 0 Å². The van der Waals surface area contributed by atoms with Crippen molar-refractivity contribution in [3.63, 3.8) is 0 Å². The maximum absolute atomic E-state index is 11.6. The van der Waals surface area contributed by atoms with Gasteiger partial charge in [-0.1, -0.05) is 6.58 Å². The number of quaternary nitrogens is 1. The van der Waals surface area contributed by atoms with Crippen molar-refractivity contribution < 1.29 is 32.5 Å². The number of nitrogens with zero attached hydrogens (tertiary/aromatic N) is 1. The normalized spacial score (nSPS) is 14.1. The standard InChI is InChI=1S/C17H34NO6P/c1-6-18(7-2,8-3)12-9-10-14-23-25(20,21)24-15-11-13-22-17(19)16(4)5/h4,6-15H2,1-3,5H3. The second-order valence-corrected chi connectivity index (χ2v) is 7.52. The van der Waals surface area contributed by atoms with Crippen LogP contribution in [0.4, 0.5) is 0 Å². The van der Waals surface area contributed by atoms with E-state index in [4.69, 9.17) is 13.8 Å². The van der Waals surface area contributed by atoms with Gasteiger partial charge in [0.15, 0.2) is 0 Å². The predicted molar refractivity (Wildman–Crippen MR) is 95.9 cm³/mol. The molecule has 8 heteroatoms. The lowest BCUT2D eigenvalue weighted by atomic mass is 10.2. The van der Waals surface area contributed by atoms with E-state index in [-0.39, 0.29) is 26.2 Å². The minimum atomic E-state index is -4.29. The molecule has 0 radical (unpaired) electrons. The first-order valence-electron chi connectivity index (χ1n) is 8.99. The molecule has 0 spiro atoms. The Morgan fingerprint density at radius 1 is 1.00 bits per heavy atom. The quantitative estimate of drug-likeness (QED) is 0.143. The molecule has 0 heterocycles. The van der Waals surface area contributed by atoms with E-state index in [1.54, 1.807) is 6.92 Å². The van der Waals surface area contributed by atoms with Crippen LogP contribution in [-0.2, 0) is 23.1 Å². The summed E-state index contributed by atoms with van der Waals surface area (Å²) in [4.78, 5) is 22.8. The molecule has 0 saturated heterocycles. The van der Waals surface area contributed by atoms with E-state index in [1.807, 2.05) is 0 Å². The fraction of sp³-hybridized carbons (Fsp3) is 0.824. The molecule has 148 valence electrons. The molecule has 0 aromatic heterocycles. The third-order valence-electron chi connectivity index (χ3n) is 4.41. The zero-order chi connectivity index (χ0) is 19.3. The second kappa shape index (κ2) is 12.6. The lowest BCUT2D eigenvalue weighted by Gasteiger charge is -2.36. The lowest BCUT2D eigenvalue weighted by molar-refractivity contribution is -0.923. The molecule has 0 aromatic carbocycles. The molecule has 0 aliphatic carbocycles. The molecule has 7 nitrogen and oxygen atoms in total. The number of carbonyl (C=O) groups excluding carboxylic acids is 1. The molecule has 0 fully saturated rings. The Morgan fingerprint density at radius 3 is 2.00 bits per heavy atom. The maximum atomic E-state index is 11.6. The fourth-order valence-electron chi connectivity index (χ4n) is 2.43. The van der Waals surface area contributed by atoms with E-state index in [2.05, 4.69) is 27.4 Å². The molecule has 0 amide bonds. The van der Waals surface area contributed by atoms with Crippen molar-refractivity contribution in [2.24, 2.45) is 0 Å². The SMILES string of the molecule is C=C(C)C(=O)OCCCOP(=O)([O-])OCCCC[N+](CC)(CC)CC. The first-order chi connectivity index (χ1) is 11.7. The summed E-state index contributed by atoms with van der Waals surface area (Å²) >= 11 is 0. The number of esters is 1. The summed E-state index contributed by atoms with van der Waals surface area (Å²) in [5.41, 5.74) is 0.301. The van der Waals surface area contributed by atoms with Crippen LogP contribution in [0.15, 0.2) is 12.2 Å². The molecule has 1 unspecified atom stereocenters. The zero-order valence-corrected chi connectivity index (χ0v) is 17.0. The van der Waals surface area contributed by atoms with Gasteiger partial charge >= 0.3 is 5.97 Å². The van der Waals surface area contributed by atoms with Crippen molar-refractivity contribution in [2.45, 2.75) is 47.0 Å². The van der Waals surface area contributed by atoms with Gasteiger partial charge in [-0.15, -0.1) is 0 Å². The fourth-order valence-corrected chi connectivity index (χ4v) is 3.21. The number of phosphoric acid groups is 1. The van der Waals surface area contributed by atoms with Gasteiger partial charge < -0.3 is 23.2 Å². The summed E-state index contributed by atoms with van der Waals surface area (Å²) in [5.74, 6) is -0.498. The number of hydrogen-bond acceptors (Lipinski definition) is 6. The van der Waals surface area contributed by atoms with Crippen LogP contribution >= 0.6 is 7.82 Å². The predicted octanol–water partition coefficient (Wildman–Crippen LogP) is 2.65. The van der Waals surface area contributed by atoms with E-state index in [0.717, 1.165) is 37.1 Å². The number of carbonyl (C=O) groups is 1. The zero-order valence-electron chi connectivity index (χ0n) is 16.1. The van der Waals surface area contributed by atoms with Gasteiger partial charge in [0, 0.05) is 12.0 Å². The van der Waals surface area contributed by atoms with Gasteiger partial charge in [-0.25, -0.2) is 4.79 Å². The van der Waals surface area contributed by atoms with Gasteiger partial charge in [0.05, 0.1) is 46.0 Å². The third kappa shape index (κ3) is 10.8. The molecular formula is C17H34NO6P. The van der Waals surface area contributed by atoms with E-state index in [0.29, 0.717) is 12.0 Å². The van der Waals surface area contributed by atoms with Crippen molar-refractivity contribution >= 4 is 13.8 Å². The van der Waals surface area contributed by atoms with E-state index < -0.39 is 13.8 Å². The number of rotatable bonds is 15. The average molecular weight is 379 g/mol. The number of unbranched alkanes of at least 4 members (excludes halogenated alkanes) is 1. The molecule has 0 saturated carbocycles. The first-order valence-corrected chi connectivity index (χ1v) is 10.5. The molecule has 0 aromatic rings. The third-order valence-corrected chi connectivity index (χ3v) is 5.41. The molecular weight excluding hydrogens is 345 g/mol. The topological polar surface area (TPSA) is 84.9 Å². The van der Waals surface area contributed by atoms with Crippen LogP contribution in [0, 0.1) is 0 Å². The Hall–Kier alpha value is -0.720. The van der Waals surface area contributed by atoms with Gasteiger partial charge in [-0.05, 0) is 40.5 Å². The highest BCUT2D eigenvalue weighted by molar-refractivity contribution is 7.45. The monoisotopic (exact) mass is 379 g/mol. The maximum Gasteiger partial charge on any atom is 0.333 e. The summed E-state index contributed by atoms with van der Waals surface area (Å²) in [6.07, 6.45) is 1.86. The van der Waals surface area contributed by atoms with Crippen LogP contribution in [-0.4, -0.2) is 56.5 Å². The van der Waals surface area contributed by atoms with Gasteiger partial charge in [-0.3, -0.25) is 4.57 Å². The van der Waals surface area contributed by atoms with Crippen LogP contribution in [0.25, 0.3) is 0 Å². The van der Waals surface area contributed by atoms with Crippen molar-refractivity contribution in [3.05, 3.63) is 12.2 Å². The van der Waals surface area contributed by atoms with Crippen LogP contribution in [0.1, 0.15) is 47.0 Å². The Morgan fingerprint density at radius 2 is 1.52 bits per heavy atom. The average Bonchev–Trinajstić information content (AvgIpc) is 2.58. The summed E-state index contributed by atoms with van der Waals surface area (Å²) in [6.45, 7) is 15.9. The molecule has 0 aliphatic heterocycles. The van der Waals surface area contributed by atoms with E-state index in [9.17, 15) is 14.3 Å². The van der Waals surface area contributed by atoms with E-state index >= 15 is 0 Å². The van der Waals surface area contributed by atoms with Crippen LogP contribution < -0.4 is 4.89 Å². The van der Waals surface area contributed by atoms with Crippen molar-refractivity contribution in [1.29, 1.82) is 0 Å². The van der Waals surface area contributed by atoms with Gasteiger partial charge in [-0.2, -0.15) is 0 Å². The Labute approximate surface area is 152 Å². The summed E-state index contributed by atoms with van der Waals surface area (Å²) < 4.78 is 27.1. The highest BCUT2D eigenvalue weighted by atomic mass is 31.2. The van der Waals surface area contributed by atoms with Gasteiger partial charge in [0.2, 0.25) is 0 Å². The van der Waals surface area contributed by atoms with E-state index in [1.165, 1.54) is 0 Å². The molecule has 0 bridgehead atoms. The molecule has 0 rings (SSSR count). The number of ether oxygens (including phenoxy) is 1. The smallest absolute Gasteiger partial charge is 0.333 e. The Kier molecular flexibility index (Phi) is 12.2. The minimum absolute atomic E-state index is 0.0776. The first kappa shape index (κ1) is 24.3. The Balaban J connectivity index is 3.85.